The molecule has 0 radical (unpaired) electrons. The Labute approximate surface area is 126 Å². The molecule has 0 heterocycles. The highest BCUT2D eigenvalue weighted by atomic mass is 35.5. The van der Waals surface area contributed by atoms with Crippen molar-refractivity contribution >= 4 is 29.9 Å². The molecule has 0 fully saturated rings. The molecular formula is C14H22Cl2N2O. The number of hydrogen-bond acceptors (Lipinski definition) is 2. The molecule has 0 saturated heterocycles. The van der Waals surface area contributed by atoms with Crippen molar-refractivity contribution < 1.29 is 4.79 Å². The van der Waals surface area contributed by atoms with Gasteiger partial charge in [0.1, 0.15) is 0 Å². The molecule has 19 heavy (non-hydrogen) atoms. The maximum Gasteiger partial charge on any atom is 0.239 e. The molecule has 3 nitrogen and oxygen atoms in total. The quantitative estimate of drug-likeness (QED) is 0.906. The first kappa shape index (κ1) is 18.2. The molecule has 5 heteroatoms. The van der Waals surface area contributed by atoms with Gasteiger partial charge in [-0.25, -0.2) is 0 Å². The maximum absolute atomic E-state index is 12.1. The molecule has 1 amide bonds. The number of likely N-dealkylation sites (N-methyl/N-ethyl adjacent to an activating group) is 1. The first-order valence-corrected chi connectivity index (χ1v) is 6.62. The highest BCUT2D eigenvalue weighted by molar-refractivity contribution is 6.30. The Morgan fingerprint density at radius 1 is 1.37 bits per heavy atom. The van der Waals surface area contributed by atoms with E-state index in [0.717, 1.165) is 18.4 Å². The van der Waals surface area contributed by atoms with E-state index in [1.165, 1.54) is 0 Å². The molecule has 0 aromatic heterocycles. The maximum atomic E-state index is 12.1. The van der Waals surface area contributed by atoms with Crippen molar-refractivity contribution in [1.82, 2.24) is 4.90 Å². The van der Waals surface area contributed by atoms with Gasteiger partial charge >= 0.3 is 0 Å². The Balaban J connectivity index is 0.00000324. The molecule has 0 aliphatic rings. The fraction of sp³-hybridized carbons (Fsp3) is 0.500. The van der Waals surface area contributed by atoms with E-state index >= 15 is 0 Å². The van der Waals surface area contributed by atoms with Gasteiger partial charge in [0.25, 0.3) is 0 Å². The van der Waals surface area contributed by atoms with Gasteiger partial charge in [-0.05, 0) is 31.0 Å². The van der Waals surface area contributed by atoms with Crippen LogP contribution in [0.3, 0.4) is 0 Å². The van der Waals surface area contributed by atoms with Gasteiger partial charge in [-0.2, -0.15) is 0 Å². The fourth-order valence-corrected chi connectivity index (χ4v) is 1.98. The average Bonchev–Trinajstić information content (AvgIpc) is 2.37. The monoisotopic (exact) mass is 304 g/mol. The van der Waals surface area contributed by atoms with E-state index in [1.54, 1.807) is 11.9 Å². The van der Waals surface area contributed by atoms with Crippen molar-refractivity contribution in [3.8, 4) is 0 Å². The number of nitrogens with two attached hydrogens (primary N) is 1. The Morgan fingerprint density at radius 2 is 1.89 bits per heavy atom. The van der Waals surface area contributed by atoms with Crippen LogP contribution in [0.25, 0.3) is 0 Å². The third-order valence-electron chi connectivity index (χ3n) is 3.20. The van der Waals surface area contributed by atoms with Gasteiger partial charge in [0, 0.05) is 12.1 Å². The summed E-state index contributed by atoms with van der Waals surface area (Å²) in [7, 11) is 1.79. The van der Waals surface area contributed by atoms with Crippen molar-refractivity contribution in [2.24, 2.45) is 5.73 Å². The van der Waals surface area contributed by atoms with Crippen molar-refractivity contribution in [3.63, 3.8) is 0 Å². The fourth-order valence-electron chi connectivity index (χ4n) is 1.85. The zero-order chi connectivity index (χ0) is 13.7. The van der Waals surface area contributed by atoms with Gasteiger partial charge in [0.15, 0.2) is 0 Å². The molecule has 1 rings (SSSR count). The number of amides is 1. The number of benzene rings is 1. The molecule has 2 unspecified atom stereocenters. The predicted octanol–water partition coefficient (Wildman–Crippen LogP) is 3.41. The summed E-state index contributed by atoms with van der Waals surface area (Å²) < 4.78 is 0. The van der Waals surface area contributed by atoms with Crippen LogP contribution in [-0.2, 0) is 4.79 Å². The lowest BCUT2D eigenvalue weighted by Gasteiger charge is -2.28. The molecule has 2 N–H and O–H groups in total. The van der Waals surface area contributed by atoms with E-state index in [9.17, 15) is 4.79 Å². The van der Waals surface area contributed by atoms with E-state index < -0.39 is 6.04 Å². The number of nitrogens with zero attached hydrogens (tertiary/aromatic N) is 1. The van der Waals surface area contributed by atoms with Crippen LogP contribution in [0.4, 0.5) is 0 Å². The lowest BCUT2D eigenvalue weighted by Crippen LogP contribution is -2.42. The molecule has 2 atom stereocenters. The van der Waals surface area contributed by atoms with Crippen molar-refractivity contribution in [3.05, 3.63) is 34.9 Å². The summed E-state index contributed by atoms with van der Waals surface area (Å²) in [5, 5.41) is 0.697. The first-order valence-electron chi connectivity index (χ1n) is 6.25. The molecule has 0 saturated carbocycles. The van der Waals surface area contributed by atoms with Gasteiger partial charge in [-0.15, -0.1) is 12.4 Å². The van der Waals surface area contributed by atoms with Crippen molar-refractivity contribution in [2.75, 3.05) is 7.05 Å². The molecule has 108 valence electrons. The average molecular weight is 305 g/mol. The van der Waals surface area contributed by atoms with Crippen molar-refractivity contribution in [1.29, 1.82) is 0 Å². The highest BCUT2D eigenvalue weighted by Crippen LogP contribution is 2.21. The zero-order valence-electron chi connectivity index (χ0n) is 11.6. The van der Waals surface area contributed by atoms with Gasteiger partial charge in [-0.1, -0.05) is 37.1 Å². The SMILES string of the molecule is CCCC(N)C(=O)N(C)C(C)c1ccc(Cl)cc1.Cl. The molecular weight excluding hydrogens is 283 g/mol. The Bertz CT molecular complexity index is 395. The summed E-state index contributed by atoms with van der Waals surface area (Å²) in [6.07, 6.45) is 1.63. The molecule has 1 aromatic rings. The molecule has 1 aromatic carbocycles. The molecule has 0 spiro atoms. The number of carbonyl (C=O) groups excluding carboxylic acids is 1. The smallest absolute Gasteiger partial charge is 0.239 e. The lowest BCUT2D eigenvalue weighted by atomic mass is 10.1. The van der Waals surface area contributed by atoms with Crippen LogP contribution in [0.15, 0.2) is 24.3 Å². The summed E-state index contributed by atoms with van der Waals surface area (Å²) in [6, 6.07) is 7.12. The minimum Gasteiger partial charge on any atom is -0.338 e. The Kier molecular flexibility index (Phi) is 8.07. The van der Waals surface area contributed by atoms with E-state index in [-0.39, 0.29) is 24.4 Å². The van der Waals surface area contributed by atoms with Crippen LogP contribution in [-0.4, -0.2) is 23.9 Å². The molecule has 0 aliphatic heterocycles. The third-order valence-corrected chi connectivity index (χ3v) is 3.45. The Hall–Kier alpha value is -0.770. The number of rotatable bonds is 5. The lowest BCUT2D eigenvalue weighted by molar-refractivity contribution is -0.133. The molecule has 0 aliphatic carbocycles. The van der Waals surface area contributed by atoms with Gasteiger partial charge in [-0.3, -0.25) is 4.79 Å². The van der Waals surface area contributed by atoms with Gasteiger partial charge < -0.3 is 10.6 Å². The van der Waals surface area contributed by atoms with E-state index in [2.05, 4.69) is 0 Å². The van der Waals surface area contributed by atoms with Crippen LogP contribution in [0, 0.1) is 0 Å². The standard InChI is InChI=1S/C14H21ClN2O.ClH/c1-4-5-13(16)14(18)17(3)10(2)11-6-8-12(15)9-7-11;/h6-10,13H,4-5,16H2,1-3H3;1H. The minimum atomic E-state index is -0.408. The first-order chi connectivity index (χ1) is 8.47. The van der Waals surface area contributed by atoms with Crippen LogP contribution in [0.2, 0.25) is 5.02 Å². The number of halogens is 2. The second-order valence-corrected chi connectivity index (χ2v) is 5.01. The summed E-state index contributed by atoms with van der Waals surface area (Å²) in [6.45, 7) is 4.01. The summed E-state index contributed by atoms with van der Waals surface area (Å²) in [5.74, 6) is -0.0145. The number of carbonyl (C=O) groups is 1. The highest BCUT2D eigenvalue weighted by Gasteiger charge is 2.22. The molecule has 0 bridgehead atoms. The predicted molar refractivity (Wildman–Crippen MR) is 82.8 cm³/mol. The minimum absolute atomic E-state index is 0. The van der Waals surface area contributed by atoms with Crippen molar-refractivity contribution in [2.45, 2.75) is 38.8 Å². The van der Waals surface area contributed by atoms with E-state index in [4.69, 9.17) is 17.3 Å². The van der Waals surface area contributed by atoms with E-state index in [1.807, 2.05) is 38.1 Å². The normalized spacial score (nSPS) is 13.3. The summed E-state index contributed by atoms with van der Waals surface area (Å²) in [5.41, 5.74) is 6.91. The summed E-state index contributed by atoms with van der Waals surface area (Å²) >= 11 is 5.85. The van der Waals surface area contributed by atoms with Crippen LogP contribution < -0.4 is 5.73 Å². The van der Waals surface area contributed by atoms with Crippen LogP contribution >= 0.6 is 24.0 Å². The number of hydrogen-bond donors (Lipinski definition) is 1. The summed E-state index contributed by atoms with van der Waals surface area (Å²) in [4.78, 5) is 13.8. The second kappa shape index (κ2) is 8.41. The Morgan fingerprint density at radius 3 is 2.37 bits per heavy atom. The van der Waals surface area contributed by atoms with Gasteiger partial charge in [0.2, 0.25) is 5.91 Å². The van der Waals surface area contributed by atoms with Crippen LogP contribution in [0.5, 0.6) is 0 Å². The zero-order valence-corrected chi connectivity index (χ0v) is 13.2. The largest absolute Gasteiger partial charge is 0.338 e. The van der Waals surface area contributed by atoms with Crippen LogP contribution in [0.1, 0.15) is 38.3 Å². The third kappa shape index (κ3) is 5.01. The van der Waals surface area contributed by atoms with Gasteiger partial charge in [0.05, 0.1) is 12.1 Å². The van der Waals surface area contributed by atoms with E-state index in [0.29, 0.717) is 5.02 Å². The topological polar surface area (TPSA) is 46.3 Å². The second-order valence-electron chi connectivity index (χ2n) is 4.57.